The van der Waals surface area contributed by atoms with Crippen molar-refractivity contribution in [2.75, 3.05) is 32.1 Å². The molecular weight excluding hydrogens is 306 g/mol. The van der Waals surface area contributed by atoms with Crippen molar-refractivity contribution in [2.45, 2.75) is 25.8 Å². The number of hydrogen-bond acceptors (Lipinski definition) is 6. The van der Waals surface area contributed by atoms with Crippen molar-refractivity contribution in [1.82, 2.24) is 9.88 Å². The highest BCUT2D eigenvalue weighted by atomic mass is 16.5. The Hall–Kier alpha value is -2.34. The Bertz CT molecular complexity index is 690. The number of aryl methyl sites for hydroxylation is 1. The van der Waals surface area contributed by atoms with E-state index in [-0.39, 0.29) is 5.97 Å². The van der Waals surface area contributed by atoms with Crippen molar-refractivity contribution in [3.63, 3.8) is 0 Å². The lowest BCUT2D eigenvalue weighted by Crippen LogP contribution is -2.41. The van der Waals surface area contributed by atoms with Gasteiger partial charge < -0.3 is 14.5 Å². The smallest absolute Gasteiger partial charge is 0.319 e. The third-order valence-electron chi connectivity index (χ3n) is 4.27. The fraction of sp³-hybridized carbons (Fsp3) is 0.444. The summed E-state index contributed by atoms with van der Waals surface area (Å²) < 4.78 is 10.2. The zero-order valence-electron chi connectivity index (χ0n) is 14.1. The molecule has 2 aromatic rings. The number of carbonyl (C=O) groups is 1. The van der Waals surface area contributed by atoms with Gasteiger partial charge in [0, 0.05) is 30.4 Å². The van der Waals surface area contributed by atoms with Crippen LogP contribution in [-0.4, -0.2) is 48.6 Å². The number of piperidine rings is 1. The summed E-state index contributed by atoms with van der Waals surface area (Å²) in [5, 5.41) is 3.57. The molecule has 1 aliphatic heterocycles. The molecule has 6 nitrogen and oxygen atoms in total. The summed E-state index contributed by atoms with van der Waals surface area (Å²) >= 11 is 0. The third-order valence-corrected chi connectivity index (χ3v) is 4.27. The topological polar surface area (TPSA) is 67.6 Å². The second kappa shape index (κ2) is 7.49. The number of esters is 1. The van der Waals surface area contributed by atoms with Crippen LogP contribution in [0.4, 0.5) is 5.69 Å². The molecule has 0 radical (unpaired) electrons. The first kappa shape index (κ1) is 16.5. The van der Waals surface area contributed by atoms with Gasteiger partial charge in [-0.2, -0.15) is 0 Å². The van der Waals surface area contributed by atoms with E-state index >= 15 is 0 Å². The van der Waals surface area contributed by atoms with Gasteiger partial charge in [-0.1, -0.05) is 6.07 Å². The summed E-state index contributed by atoms with van der Waals surface area (Å²) in [5.41, 5.74) is 2.91. The normalized spacial score (nSPS) is 16.1. The maximum absolute atomic E-state index is 11.3. The van der Waals surface area contributed by atoms with Crippen LogP contribution in [0.3, 0.4) is 0 Å². The molecule has 0 amide bonds. The van der Waals surface area contributed by atoms with Crippen molar-refractivity contribution in [1.29, 1.82) is 0 Å². The van der Waals surface area contributed by atoms with E-state index < -0.39 is 0 Å². The average molecular weight is 329 g/mol. The van der Waals surface area contributed by atoms with Crippen LogP contribution >= 0.6 is 0 Å². The number of hydrogen-bond donors (Lipinski definition) is 1. The molecule has 1 aromatic heterocycles. The molecule has 0 aliphatic carbocycles. The fourth-order valence-corrected chi connectivity index (χ4v) is 2.95. The van der Waals surface area contributed by atoms with Crippen molar-refractivity contribution in [3.8, 4) is 11.5 Å². The maximum Gasteiger partial charge on any atom is 0.319 e. The zero-order chi connectivity index (χ0) is 16.9. The van der Waals surface area contributed by atoms with Gasteiger partial charge in [-0.05, 0) is 38.0 Å². The van der Waals surface area contributed by atoms with E-state index in [1.54, 1.807) is 6.26 Å². The first-order valence-electron chi connectivity index (χ1n) is 8.22. The van der Waals surface area contributed by atoms with Crippen LogP contribution in [0.1, 0.15) is 18.5 Å². The monoisotopic (exact) mass is 329 g/mol. The molecule has 0 saturated carbocycles. The Kier molecular flexibility index (Phi) is 5.15. The van der Waals surface area contributed by atoms with E-state index in [1.165, 1.54) is 7.11 Å². The number of rotatable bonds is 5. The molecule has 1 aliphatic rings. The Morgan fingerprint density at radius 3 is 2.88 bits per heavy atom. The highest BCUT2D eigenvalue weighted by molar-refractivity contribution is 5.71. The molecule has 0 atom stereocenters. The van der Waals surface area contributed by atoms with E-state index in [0.29, 0.717) is 18.5 Å². The summed E-state index contributed by atoms with van der Waals surface area (Å²) in [6.07, 6.45) is 3.66. The van der Waals surface area contributed by atoms with Gasteiger partial charge in [0.15, 0.2) is 0 Å². The molecule has 128 valence electrons. The van der Waals surface area contributed by atoms with Crippen LogP contribution in [0, 0.1) is 6.92 Å². The SMILES string of the molecule is COC(=O)CN1CCC(Nc2cccc(-c3nc(C)co3)c2)CC1. The summed E-state index contributed by atoms with van der Waals surface area (Å²) in [4.78, 5) is 17.8. The van der Waals surface area contributed by atoms with Crippen LogP contribution in [0.2, 0.25) is 0 Å². The minimum atomic E-state index is -0.171. The van der Waals surface area contributed by atoms with Crippen LogP contribution in [0.5, 0.6) is 0 Å². The Balaban J connectivity index is 1.56. The zero-order valence-corrected chi connectivity index (χ0v) is 14.1. The number of benzene rings is 1. The average Bonchev–Trinajstić information content (AvgIpc) is 3.03. The van der Waals surface area contributed by atoms with Crippen LogP contribution in [-0.2, 0) is 9.53 Å². The summed E-state index contributed by atoms with van der Waals surface area (Å²) in [5.74, 6) is 0.472. The van der Waals surface area contributed by atoms with E-state index in [4.69, 9.17) is 9.15 Å². The number of aromatic nitrogens is 1. The van der Waals surface area contributed by atoms with Gasteiger partial charge in [0.2, 0.25) is 5.89 Å². The van der Waals surface area contributed by atoms with Gasteiger partial charge in [0.25, 0.3) is 0 Å². The summed E-state index contributed by atoms with van der Waals surface area (Å²) in [7, 11) is 1.43. The predicted molar refractivity (Wildman–Crippen MR) is 91.8 cm³/mol. The lowest BCUT2D eigenvalue weighted by molar-refractivity contribution is -0.142. The number of carbonyl (C=O) groups excluding carboxylic acids is 1. The molecule has 2 heterocycles. The minimum Gasteiger partial charge on any atom is -0.468 e. The van der Waals surface area contributed by atoms with Crippen LogP contribution < -0.4 is 5.32 Å². The standard InChI is InChI=1S/C18H23N3O3/c1-13-12-24-18(19-13)14-4-3-5-16(10-14)20-15-6-8-21(9-7-15)11-17(22)23-2/h3-5,10,12,15,20H,6-9,11H2,1-2H3. The van der Waals surface area contributed by atoms with Crippen molar-refractivity contribution in [3.05, 3.63) is 36.2 Å². The van der Waals surface area contributed by atoms with E-state index in [0.717, 1.165) is 42.9 Å². The Morgan fingerprint density at radius 1 is 1.42 bits per heavy atom. The molecule has 6 heteroatoms. The predicted octanol–water partition coefficient (Wildman–Crippen LogP) is 2.70. The molecule has 24 heavy (non-hydrogen) atoms. The number of ether oxygens (including phenoxy) is 1. The molecule has 3 rings (SSSR count). The lowest BCUT2D eigenvalue weighted by atomic mass is 10.0. The Morgan fingerprint density at radius 2 is 2.21 bits per heavy atom. The van der Waals surface area contributed by atoms with E-state index in [2.05, 4.69) is 27.3 Å². The van der Waals surface area contributed by atoms with E-state index in [1.807, 2.05) is 19.1 Å². The molecule has 0 spiro atoms. The number of nitrogens with zero attached hydrogens (tertiary/aromatic N) is 2. The summed E-state index contributed by atoms with van der Waals surface area (Å²) in [6, 6.07) is 8.52. The second-order valence-corrected chi connectivity index (χ2v) is 6.15. The highest BCUT2D eigenvalue weighted by Crippen LogP contribution is 2.24. The molecular formula is C18H23N3O3. The number of anilines is 1. The fourth-order valence-electron chi connectivity index (χ4n) is 2.95. The lowest BCUT2D eigenvalue weighted by Gasteiger charge is -2.32. The van der Waals surface area contributed by atoms with Crippen LogP contribution in [0.25, 0.3) is 11.5 Å². The molecule has 0 unspecified atom stereocenters. The van der Waals surface area contributed by atoms with E-state index in [9.17, 15) is 4.79 Å². The van der Waals surface area contributed by atoms with Gasteiger partial charge in [-0.15, -0.1) is 0 Å². The van der Waals surface area contributed by atoms with Gasteiger partial charge >= 0.3 is 5.97 Å². The van der Waals surface area contributed by atoms with Crippen molar-refractivity contribution >= 4 is 11.7 Å². The molecule has 1 fully saturated rings. The molecule has 0 bridgehead atoms. The number of nitrogens with one attached hydrogen (secondary N) is 1. The molecule has 1 saturated heterocycles. The number of likely N-dealkylation sites (tertiary alicyclic amines) is 1. The van der Waals surface area contributed by atoms with Gasteiger partial charge in [0.05, 0.1) is 19.3 Å². The number of oxazole rings is 1. The Labute approximate surface area is 141 Å². The van der Waals surface area contributed by atoms with Crippen LogP contribution in [0.15, 0.2) is 34.9 Å². The van der Waals surface area contributed by atoms with Gasteiger partial charge in [0.1, 0.15) is 6.26 Å². The summed E-state index contributed by atoms with van der Waals surface area (Å²) in [6.45, 7) is 4.08. The highest BCUT2D eigenvalue weighted by Gasteiger charge is 2.21. The largest absolute Gasteiger partial charge is 0.468 e. The van der Waals surface area contributed by atoms with Crippen molar-refractivity contribution in [2.24, 2.45) is 0 Å². The third kappa shape index (κ3) is 4.14. The first-order valence-corrected chi connectivity index (χ1v) is 8.22. The second-order valence-electron chi connectivity index (χ2n) is 6.15. The minimum absolute atomic E-state index is 0.171. The quantitative estimate of drug-likeness (QED) is 0.851. The maximum atomic E-state index is 11.3. The molecule has 1 N–H and O–H groups in total. The van der Waals surface area contributed by atoms with Gasteiger partial charge in [-0.3, -0.25) is 9.69 Å². The van der Waals surface area contributed by atoms with Gasteiger partial charge in [-0.25, -0.2) is 4.98 Å². The first-order chi connectivity index (χ1) is 11.6. The van der Waals surface area contributed by atoms with Crippen molar-refractivity contribution < 1.29 is 13.9 Å². The molecule has 1 aromatic carbocycles. The number of methoxy groups -OCH3 is 1.